The summed E-state index contributed by atoms with van der Waals surface area (Å²) in [5.74, 6) is 1.05. The highest BCUT2D eigenvalue weighted by Crippen LogP contribution is 2.46. The highest BCUT2D eigenvalue weighted by molar-refractivity contribution is 5.82. The van der Waals surface area contributed by atoms with Gasteiger partial charge in [0.15, 0.2) is 5.96 Å². The lowest BCUT2D eigenvalue weighted by atomic mass is 9.65. The molecule has 0 saturated carbocycles. The zero-order valence-corrected chi connectivity index (χ0v) is 17.1. The molecule has 144 valence electrons. The third-order valence-electron chi connectivity index (χ3n) is 6.84. The predicted octanol–water partition coefficient (Wildman–Crippen LogP) is 3.82. The van der Waals surface area contributed by atoms with Gasteiger partial charge < -0.3 is 15.0 Å². The van der Waals surface area contributed by atoms with Crippen LogP contribution in [0.25, 0.3) is 0 Å². The molecule has 26 heavy (non-hydrogen) atoms. The van der Waals surface area contributed by atoms with E-state index in [9.17, 15) is 0 Å². The first-order chi connectivity index (χ1) is 12.3. The molecule has 2 heterocycles. The third kappa shape index (κ3) is 3.36. The third-order valence-corrected chi connectivity index (χ3v) is 6.84. The SMILES string of the molecule is CCNC(=NCC1(c2ccccc2)CCOCC1)N1CC(C)(C)C1(C)C. The number of nitrogens with one attached hydrogen (secondary N) is 1. The summed E-state index contributed by atoms with van der Waals surface area (Å²) >= 11 is 0. The summed E-state index contributed by atoms with van der Waals surface area (Å²) in [6.07, 6.45) is 2.07. The maximum atomic E-state index is 5.67. The van der Waals surface area contributed by atoms with Crippen LogP contribution in [0, 0.1) is 5.41 Å². The van der Waals surface area contributed by atoms with Crippen molar-refractivity contribution in [2.75, 3.05) is 32.8 Å². The topological polar surface area (TPSA) is 36.9 Å². The summed E-state index contributed by atoms with van der Waals surface area (Å²) in [7, 11) is 0. The van der Waals surface area contributed by atoms with Gasteiger partial charge in [0, 0.05) is 42.7 Å². The molecule has 2 fully saturated rings. The highest BCUT2D eigenvalue weighted by atomic mass is 16.5. The van der Waals surface area contributed by atoms with Crippen LogP contribution in [0.2, 0.25) is 0 Å². The number of nitrogens with zero attached hydrogens (tertiary/aromatic N) is 2. The van der Waals surface area contributed by atoms with E-state index >= 15 is 0 Å². The molecule has 1 aromatic carbocycles. The van der Waals surface area contributed by atoms with Crippen LogP contribution in [-0.4, -0.2) is 49.2 Å². The summed E-state index contributed by atoms with van der Waals surface area (Å²) in [5, 5.41) is 3.53. The second-order valence-electron chi connectivity index (χ2n) is 8.96. The molecule has 4 heteroatoms. The maximum Gasteiger partial charge on any atom is 0.194 e. The summed E-state index contributed by atoms with van der Waals surface area (Å²) in [4.78, 5) is 7.58. The van der Waals surface area contributed by atoms with Crippen molar-refractivity contribution < 1.29 is 4.74 Å². The largest absolute Gasteiger partial charge is 0.381 e. The van der Waals surface area contributed by atoms with Gasteiger partial charge in [0.1, 0.15) is 0 Å². The number of aliphatic imine (C=N–C) groups is 1. The normalized spacial score (nSPS) is 24.0. The van der Waals surface area contributed by atoms with Crippen LogP contribution in [0.5, 0.6) is 0 Å². The van der Waals surface area contributed by atoms with Gasteiger partial charge in [-0.25, -0.2) is 0 Å². The zero-order valence-electron chi connectivity index (χ0n) is 17.1. The molecule has 2 aliphatic heterocycles. The van der Waals surface area contributed by atoms with Crippen LogP contribution in [0.15, 0.2) is 35.3 Å². The molecule has 4 nitrogen and oxygen atoms in total. The fourth-order valence-corrected chi connectivity index (χ4v) is 4.11. The zero-order chi connectivity index (χ0) is 18.8. The van der Waals surface area contributed by atoms with E-state index < -0.39 is 0 Å². The number of likely N-dealkylation sites (tertiary alicyclic amines) is 1. The molecular weight excluding hydrogens is 322 g/mol. The minimum atomic E-state index is 0.0880. The van der Waals surface area contributed by atoms with Crippen molar-refractivity contribution in [2.24, 2.45) is 10.4 Å². The molecule has 0 amide bonds. The Labute approximate surface area is 159 Å². The Bertz CT molecular complexity index is 630. The van der Waals surface area contributed by atoms with Crippen molar-refractivity contribution >= 4 is 5.96 Å². The molecule has 1 aromatic rings. The second-order valence-corrected chi connectivity index (χ2v) is 8.96. The van der Waals surface area contributed by atoms with Crippen LogP contribution in [0.3, 0.4) is 0 Å². The van der Waals surface area contributed by atoms with E-state index in [1.54, 1.807) is 0 Å². The Balaban J connectivity index is 1.85. The average Bonchev–Trinajstić information content (AvgIpc) is 2.65. The highest BCUT2D eigenvalue weighted by Gasteiger charge is 2.53. The van der Waals surface area contributed by atoms with Crippen molar-refractivity contribution in [3.05, 3.63) is 35.9 Å². The average molecular weight is 358 g/mol. The van der Waals surface area contributed by atoms with Gasteiger partial charge >= 0.3 is 0 Å². The Morgan fingerprint density at radius 1 is 1.12 bits per heavy atom. The van der Waals surface area contributed by atoms with Crippen molar-refractivity contribution in [3.63, 3.8) is 0 Å². The van der Waals surface area contributed by atoms with Crippen LogP contribution in [-0.2, 0) is 10.2 Å². The van der Waals surface area contributed by atoms with Crippen LogP contribution >= 0.6 is 0 Å². The minimum absolute atomic E-state index is 0.0880. The van der Waals surface area contributed by atoms with Gasteiger partial charge in [-0.05, 0) is 39.2 Å². The number of rotatable bonds is 4. The van der Waals surface area contributed by atoms with Crippen molar-refractivity contribution in [3.8, 4) is 0 Å². The molecule has 2 saturated heterocycles. The van der Waals surface area contributed by atoms with Gasteiger partial charge in [-0.1, -0.05) is 44.2 Å². The fourth-order valence-electron chi connectivity index (χ4n) is 4.11. The number of guanidine groups is 1. The van der Waals surface area contributed by atoms with Gasteiger partial charge in [0.05, 0.1) is 6.54 Å². The van der Waals surface area contributed by atoms with Gasteiger partial charge in [0.2, 0.25) is 0 Å². The minimum Gasteiger partial charge on any atom is -0.381 e. The van der Waals surface area contributed by atoms with E-state index in [1.807, 2.05) is 0 Å². The molecule has 0 atom stereocenters. The van der Waals surface area contributed by atoms with Crippen molar-refractivity contribution in [1.82, 2.24) is 10.2 Å². The van der Waals surface area contributed by atoms with E-state index in [2.05, 4.69) is 75.2 Å². The van der Waals surface area contributed by atoms with Crippen molar-refractivity contribution in [2.45, 2.75) is 58.4 Å². The quantitative estimate of drug-likeness (QED) is 0.657. The molecule has 0 aliphatic carbocycles. The summed E-state index contributed by atoms with van der Waals surface area (Å²) < 4.78 is 5.67. The number of benzene rings is 1. The molecule has 0 aromatic heterocycles. The van der Waals surface area contributed by atoms with Crippen LogP contribution in [0.4, 0.5) is 0 Å². The molecular formula is C22H35N3O. The molecule has 0 bridgehead atoms. The van der Waals surface area contributed by atoms with E-state index in [4.69, 9.17) is 9.73 Å². The van der Waals surface area contributed by atoms with Gasteiger partial charge in [0.25, 0.3) is 0 Å². The predicted molar refractivity (Wildman–Crippen MR) is 109 cm³/mol. The second kappa shape index (κ2) is 7.22. The molecule has 1 N–H and O–H groups in total. The van der Waals surface area contributed by atoms with E-state index in [1.165, 1.54) is 5.56 Å². The molecule has 0 radical (unpaired) electrons. The van der Waals surface area contributed by atoms with E-state index in [0.717, 1.165) is 51.6 Å². The van der Waals surface area contributed by atoms with Gasteiger partial charge in [-0.2, -0.15) is 0 Å². The number of hydrogen-bond donors (Lipinski definition) is 1. The van der Waals surface area contributed by atoms with Crippen LogP contribution < -0.4 is 5.32 Å². The van der Waals surface area contributed by atoms with E-state index in [-0.39, 0.29) is 11.0 Å². The first kappa shape index (κ1) is 19.2. The Morgan fingerprint density at radius 2 is 1.77 bits per heavy atom. The van der Waals surface area contributed by atoms with E-state index in [0.29, 0.717) is 5.41 Å². The Kier molecular flexibility index (Phi) is 5.34. The number of ether oxygens (including phenoxy) is 1. The lowest BCUT2D eigenvalue weighted by Gasteiger charge is -2.62. The molecule has 0 spiro atoms. The lowest BCUT2D eigenvalue weighted by Crippen LogP contribution is -2.72. The Hall–Kier alpha value is -1.55. The molecule has 3 rings (SSSR count). The monoisotopic (exact) mass is 357 g/mol. The van der Waals surface area contributed by atoms with Gasteiger partial charge in [-0.15, -0.1) is 0 Å². The summed E-state index contributed by atoms with van der Waals surface area (Å²) in [6.45, 7) is 15.9. The summed E-state index contributed by atoms with van der Waals surface area (Å²) in [6, 6.07) is 10.9. The first-order valence-corrected chi connectivity index (χ1v) is 10.0. The lowest BCUT2D eigenvalue weighted by molar-refractivity contribution is -0.0669. The first-order valence-electron chi connectivity index (χ1n) is 10.0. The standard InChI is InChI=1S/C22H35N3O/c1-6-23-19(25-17-20(2,3)21(25,4)5)24-16-22(12-14-26-15-13-22)18-10-8-7-9-11-18/h7-11H,6,12-17H2,1-5H3,(H,23,24). The summed E-state index contributed by atoms with van der Waals surface area (Å²) in [5.41, 5.74) is 1.90. The Morgan fingerprint density at radius 3 is 2.31 bits per heavy atom. The fraction of sp³-hybridized carbons (Fsp3) is 0.682. The van der Waals surface area contributed by atoms with Crippen LogP contribution in [0.1, 0.15) is 53.0 Å². The molecule has 0 unspecified atom stereocenters. The molecule has 2 aliphatic rings. The van der Waals surface area contributed by atoms with Gasteiger partial charge in [-0.3, -0.25) is 4.99 Å². The smallest absolute Gasteiger partial charge is 0.194 e. The maximum absolute atomic E-state index is 5.67. The van der Waals surface area contributed by atoms with Crippen molar-refractivity contribution in [1.29, 1.82) is 0 Å². The number of hydrogen-bond acceptors (Lipinski definition) is 2.